The quantitative estimate of drug-likeness (QED) is 0.711. The van der Waals surface area contributed by atoms with E-state index in [0.717, 1.165) is 17.9 Å². The van der Waals surface area contributed by atoms with Crippen molar-refractivity contribution in [1.82, 2.24) is 5.32 Å². The number of nitrogens with one attached hydrogen (secondary N) is 1. The van der Waals surface area contributed by atoms with Gasteiger partial charge in [-0.25, -0.2) is 0 Å². The van der Waals surface area contributed by atoms with Crippen molar-refractivity contribution in [2.45, 2.75) is 32.2 Å². The molecule has 3 N–H and O–H groups in total. The minimum absolute atomic E-state index is 0.141. The molecule has 0 radical (unpaired) electrons. The average Bonchev–Trinajstić information content (AvgIpc) is 2.44. The molecule has 0 fully saturated rings. The van der Waals surface area contributed by atoms with Crippen molar-refractivity contribution in [3.05, 3.63) is 24.3 Å². The summed E-state index contributed by atoms with van der Waals surface area (Å²) < 4.78 is 10.6. The molecule has 20 heavy (non-hydrogen) atoms. The number of ether oxygens (including phenoxy) is 2. The molecule has 1 aromatic rings. The summed E-state index contributed by atoms with van der Waals surface area (Å²) in [6, 6.07) is 7.30. The van der Waals surface area contributed by atoms with Crippen LogP contribution in [0.25, 0.3) is 0 Å². The van der Waals surface area contributed by atoms with Crippen molar-refractivity contribution in [1.29, 1.82) is 0 Å². The van der Waals surface area contributed by atoms with Crippen LogP contribution in [-0.2, 0) is 4.79 Å². The van der Waals surface area contributed by atoms with Crippen LogP contribution in [0, 0.1) is 0 Å². The van der Waals surface area contributed by atoms with Crippen LogP contribution in [0.3, 0.4) is 0 Å². The molecule has 5 heteroatoms. The van der Waals surface area contributed by atoms with E-state index in [1.807, 2.05) is 31.2 Å². The molecule has 0 saturated carbocycles. The third-order valence-electron chi connectivity index (χ3n) is 3.00. The van der Waals surface area contributed by atoms with E-state index >= 15 is 0 Å². The molecule has 0 aliphatic heterocycles. The molecular weight excluding hydrogens is 256 g/mol. The third-order valence-corrected chi connectivity index (χ3v) is 3.00. The molecule has 0 aromatic heterocycles. The topological polar surface area (TPSA) is 73.6 Å². The van der Waals surface area contributed by atoms with Gasteiger partial charge < -0.3 is 20.5 Å². The zero-order chi connectivity index (χ0) is 15.0. The second-order valence-electron chi connectivity index (χ2n) is 4.95. The number of nitrogens with two attached hydrogens (primary N) is 1. The lowest BCUT2D eigenvalue weighted by molar-refractivity contribution is -0.126. The molecule has 1 rings (SSSR count). The highest BCUT2D eigenvalue weighted by molar-refractivity contribution is 5.85. The number of carbonyl (C=O) groups excluding carboxylic acids is 1. The van der Waals surface area contributed by atoms with Gasteiger partial charge in [-0.1, -0.05) is 13.3 Å². The maximum Gasteiger partial charge on any atom is 0.239 e. The Labute approximate surface area is 120 Å². The SMILES string of the molecule is CCCC(C)(N)C(=O)NCCOc1ccc(OC)cc1. The molecule has 5 nitrogen and oxygen atoms in total. The first-order valence-corrected chi connectivity index (χ1v) is 6.83. The van der Waals surface area contributed by atoms with E-state index < -0.39 is 5.54 Å². The van der Waals surface area contributed by atoms with Crippen molar-refractivity contribution < 1.29 is 14.3 Å². The Morgan fingerprint density at radius 1 is 1.30 bits per heavy atom. The zero-order valence-corrected chi connectivity index (χ0v) is 12.4. The summed E-state index contributed by atoms with van der Waals surface area (Å²) in [6.45, 7) is 4.59. The number of carbonyl (C=O) groups is 1. The Balaban J connectivity index is 2.29. The fraction of sp³-hybridized carbons (Fsp3) is 0.533. The lowest BCUT2D eigenvalue weighted by atomic mass is 9.97. The number of amides is 1. The van der Waals surface area contributed by atoms with Gasteiger partial charge in [0.2, 0.25) is 5.91 Å². The summed E-state index contributed by atoms with van der Waals surface area (Å²) in [6.07, 6.45) is 1.54. The second-order valence-corrected chi connectivity index (χ2v) is 4.95. The lowest BCUT2D eigenvalue weighted by Crippen LogP contribution is -2.52. The van der Waals surface area contributed by atoms with Crippen molar-refractivity contribution in [3.8, 4) is 11.5 Å². The second kappa shape index (κ2) is 7.75. The van der Waals surface area contributed by atoms with Gasteiger partial charge >= 0.3 is 0 Å². The summed E-state index contributed by atoms with van der Waals surface area (Å²) in [4.78, 5) is 11.8. The predicted molar refractivity (Wildman–Crippen MR) is 79.0 cm³/mol. The van der Waals surface area contributed by atoms with Crippen molar-refractivity contribution in [2.75, 3.05) is 20.3 Å². The van der Waals surface area contributed by atoms with Crippen molar-refractivity contribution >= 4 is 5.91 Å². The fourth-order valence-electron chi connectivity index (χ4n) is 1.84. The van der Waals surface area contributed by atoms with E-state index in [1.165, 1.54) is 0 Å². The largest absolute Gasteiger partial charge is 0.497 e. The maximum absolute atomic E-state index is 11.8. The van der Waals surface area contributed by atoms with Gasteiger partial charge in [0, 0.05) is 0 Å². The van der Waals surface area contributed by atoms with Gasteiger partial charge in [-0.2, -0.15) is 0 Å². The van der Waals surface area contributed by atoms with E-state index in [4.69, 9.17) is 15.2 Å². The molecule has 112 valence electrons. The van der Waals surface area contributed by atoms with Crippen LogP contribution in [0.5, 0.6) is 11.5 Å². The fourth-order valence-corrected chi connectivity index (χ4v) is 1.84. The number of rotatable bonds is 8. The lowest BCUT2D eigenvalue weighted by Gasteiger charge is -2.22. The van der Waals surface area contributed by atoms with Crippen LogP contribution < -0.4 is 20.5 Å². The maximum atomic E-state index is 11.8. The highest BCUT2D eigenvalue weighted by Crippen LogP contribution is 2.16. The van der Waals surface area contributed by atoms with Gasteiger partial charge in [-0.15, -0.1) is 0 Å². The molecule has 1 atom stereocenters. The molecular formula is C15H24N2O3. The molecule has 0 aliphatic rings. The van der Waals surface area contributed by atoms with Gasteiger partial charge in [0.05, 0.1) is 19.2 Å². The first-order valence-electron chi connectivity index (χ1n) is 6.83. The van der Waals surface area contributed by atoms with E-state index in [2.05, 4.69) is 5.32 Å². The zero-order valence-electron chi connectivity index (χ0n) is 12.4. The minimum Gasteiger partial charge on any atom is -0.497 e. The Bertz CT molecular complexity index is 416. The molecule has 0 spiro atoms. The number of hydrogen-bond donors (Lipinski definition) is 2. The van der Waals surface area contributed by atoms with Crippen LogP contribution in [0.1, 0.15) is 26.7 Å². The third kappa shape index (κ3) is 5.09. The summed E-state index contributed by atoms with van der Waals surface area (Å²) in [5.41, 5.74) is 5.12. The first-order chi connectivity index (χ1) is 9.49. The standard InChI is InChI=1S/C15H24N2O3/c1-4-9-15(2,16)14(18)17-10-11-20-13-7-5-12(19-3)6-8-13/h5-8H,4,9-11,16H2,1-3H3,(H,17,18). The van der Waals surface area contributed by atoms with Crippen LogP contribution in [0.4, 0.5) is 0 Å². The Kier molecular flexibility index (Phi) is 6.31. The van der Waals surface area contributed by atoms with Crippen LogP contribution in [0.15, 0.2) is 24.3 Å². The van der Waals surface area contributed by atoms with Gasteiger partial charge in [-0.05, 0) is 37.6 Å². The monoisotopic (exact) mass is 280 g/mol. The van der Waals surface area contributed by atoms with E-state index in [1.54, 1.807) is 14.0 Å². The molecule has 1 unspecified atom stereocenters. The molecule has 1 amide bonds. The highest BCUT2D eigenvalue weighted by Gasteiger charge is 2.26. The van der Waals surface area contributed by atoms with E-state index in [9.17, 15) is 4.79 Å². The van der Waals surface area contributed by atoms with Crippen LogP contribution >= 0.6 is 0 Å². The first kappa shape index (κ1) is 16.3. The van der Waals surface area contributed by atoms with Gasteiger partial charge in [-0.3, -0.25) is 4.79 Å². The molecule has 0 bridgehead atoms. The predicted octanol–water partition coefficient (Wildman–Crippen LogP) is 1.71. The Morgan fingerprint density at radius 3 is 2.45 bits per heavy atom. The number of hydrogen-bond acceptors (Lipinski definition) is 4. The van der Waals surface area contributed by atoms with Gasteiger partial charge in [0.25, 0.3) is 0 Å². The van der Waals surface area contributed by atoms with E-state index in [0.29, 0.717) is 19.6 Å². The smallest absolute Gasteiger partial charge is 0.239 e. The van der Waals surface area contributed by atoms with Gasteiger partial charge in [0.1, 0.15) is 18.1 Å². The minimum atomic E-state index is -0.811. The van der Waals surface area contributed by atoms with Crippen molar-refractivity contribution in [3.63, 3.8) is 0 Å². The molecule has 1 aromatic carbocycles. The van der Waals surface area contributed by atoms with Crippen LogP contribution in [0.2, 0.25) is 0 Å². The molecule has 0 saturated heterocycles. The normalized spacial score (nSPS) is 13.4. The Hall–Kier alpha value is -1.75. The summed E-state index contributed by atoms with van der Waals surface area (Å²) in [5, 5.41) is 2.79. The molecule has 0 aliphatic carbocycles. The molecule has 0 heterocycles. The number of benzene rings is 1. The summed E-state index contributed by atoms with van der Waals surface area (Å²) >= 11 is 0. The Morgan fingerprint density at radius 2 is 1.90 bits per heavy atom. The highest BCUT2D eigenvalue weighted by atomic mass is 16.5. The summed E-state index contributed by atoms with van der Waals surface area (Å²) in [5.74, 6) is 1.38. The summed E-state index contributed by atoms with van der Waals surface area (Å²) in [7, 11) is 1.62. The van der Waals surface area contributed by atoms with E-state index in [-0.39, 0.29) is 5.91 Å². The average molecular weight is 280 g/mol. The van der Waals surface area contributed by atoms with Gasteiger partial charge in [0.15, 0.2) is 0 Å². The number of methoxy groups -OCH3 is 1. The van der Waals surface area contributed by atoms with Crippen LogP contribution in [-0.4, -0.2) is 31.7 Å². The van der Waals surface area contributed by atoms with Crippen molar-refractivity contribution in [2.24, 2.45) is 5.73 Å².